The molecular weight excluding hydrogens is 497 g/mol. The number of rotatable bonds is 5. The second kappa shape index (κ2) is 9.58. The Kier molecular flexibility index (Phi) is 7.08. The van der Waals surface area contributed by atoms with Crippen molar-refractivity contribution in [1.29, 1.82) is 0 Å². The summed E-state index contributed by atoms with van der Waals surface area (Å²) in [5.74, 6) is 5.56. The van der Waals surface area contributed by atoms with Crippen molar-refractivity contribution in [3.63, 3.8) is 0 Å². The van der Waals surface area contributed by atoms with Crippen molar-refractivity contribution in [2.75, 3.05) is 26.0 Å². The number of amides is 1. The number of hydrogen-bond donors (Lipinski definition) is 2. The van der Waals surface area contributed by atoms with E-state index in [0.29, 0.717) is 32.4 Å². The lowest BCUT2D eigenvalue weighted by Gasteiger charge is -2.10. The molecule has 0 spiro atoms. The van der Waals surface area contributed by atoms with E-state index < -0.39 is 5.51 Å². The van der Waals surface area contributed by atoms with E-state index in [4.69, 9.17) is 9.15 Å². The van der Waals surface area contributed by atoms with Gasteiger partial charge >= 0.3 is 5.51 Å². The lowest BCUT2D eigenvalue weighted by Crippen LogP contribution is -2.17. The molecule has 10 heteroatoms. The number of nitrogens with one attached hydrogen (secondary N) is 2. The van der Waals surface area contributed by atoms with Gasteiger partial charge in [0.15, 0.2) is 11.3 Å². The van der Waals surface area contributed by atoms with Gasteiger partial charge in [-0.15, -0.1) is 0 Å². The Bertz CT molecular complexity index is 1180. The zero-order valence-corrected chi connectivity index (χ0v) is 18.7. The van der Waals surface area contributed by atoms with Crippen LogP contribution in [0.4, 0.5) is 18.9 Å². The van der Waals surface area contributed by atoms with E-state index in [-0.39, 0.29) is 34.9 Å². The van der Waals surface area contributed by atoms with Crippen LogP contribution in [0.15, 0.2) is 50.2 Å². The van der Waals surface area contributed by atoms with Gasteiger partial charge in [0.2, 0.25) is 0 Å². The Morgan fingerprint density at radius 3 is 2.74 bits per heavy atom. The largest absolute Gasteiger partial charge is 0.495 e. The number of thioether (sulfide) groups is 1. The van der Waals surface area contributed by atoms with Gasteiger partial charge in [-0.05, 0) is 63.9 Å². The highest BCUT2D eigenvalue weighted by molar-refractivity contribution is 9.10. The smallest absolute Gasteiger partial charge is 0.446 e. The number of ether oxygens (including phenoxy) is 1. The molecule has 0 bridgehead atoms. The van der Waals surface area contributed by atoms with E-state index in [0.717, 1.165) is 0 Å². The molecule has 0 fully saturated rings. The number of halogens is 4. The molecule has 1 aromatic heterocycles. The number of para-hydroxylation sites is 1. The summed E-state index contributed by atoms with van der Waals surface area (Å²) in [6.45, 7) is 0.115. The maximum atomic E-state index is 13.0. The number of methoxy groups -OCH3 is 1. The first-order valence-corrected chi connectivity index (χ1v) is 10.4. The predicted octanol–water partition coefficient (Wildman–Crippen LogP) is 5.64. The van der Waals surface area contributed by atoms with E-state index in [9.17, 15) is 18.0 Å². The van der Waals surface area contributed by atoms with Crippen LogP contribution in [0.3, 0.4) is 0 Å². The molecule has 1 amide bonds. The maximum absolute atomic E-state index is 13.0. The van der Waals surface area contributed by atoms with Crippen LogP contribution in [-0.2, 0) is 0 Å². The topological polar surface area (TPSA) is 63.5 Å². The Hall–Kier alpha value is -2.77. The van der Waals surface area contributed by atoms with Crippen molar-refractivity contribution < 1.29 is 27.1 Å². The molecule has 0 radical (unpaired) electrons. The summed E-state index contributed by atoms with van der Waals surface area (Å²) in [7, 11) is 2.99. The van der Waals surface area contributed by atoms with Crippen LogP contribution in [0.2, 0.25) is 0 Å². The molecule has 0 aliphatic rings. The van der Waals surface area contributed by atoms with Gasteiger partial charge < -0.3 is 19.8 Å². The number of carbonyl (C=O) groups excluding carboxylic acids is 1. The monoisotopic (exact) mass is 512 g/mol. The SMILES string of the molecule is CNC(=O)c1ccc(NCC#Cc2oc3c(Br)cccc3c2SC(F)(F)F)c(OC)c1. The number of alkyl halides is 3. The fraction of sp³-hybridized carbons (Fsp3) is 0.190. The van der Waals surface area contributed by atoms with Gasteiger partial charge in [-0.3, -0.25) is 4.79 Å². The maximum Gasteiger partial charge on any atom is 0.446 e. The van der Waals surface area contributed by atoms with Gasteiger partial charge in [-0.2, -0.15) is 13.2 Å². The van der Waals surface area contributed by atoms with Gasteiger partial charge in [-0.1, -0.05) is 12.0 Å². The summed E-state index contributed by atoms with van der Waals surface area (Å²) in [6.07, 6.45) is 0. The van der Waals surface area contributed by atoms with Gasteiger partial charge in [0, 0.05) is 18.0 Å². The molecule has 1 heterocycles. The van der Waals surface area contributed by atoms with E-state index in [1.165, 1.54) is 14.2 Å². The van der Waals surface area contributed by atoms with Crippen LogP contribution in [0.5, 0.6) is 5.75 Å². The second-order valence-corrected chi connectivity index (χ2v) is 8.00. The van der Waals surface area contributed by atoms with E-state index in [2.05, 4.69) is 38.4 Å². The Morgan fingerprint density at radius 2 is 2.06 bits per heavy atom. The highest BCUT2D eigenvalue weighted by Crippen LogP contribution is 2.44. The lowest BCUT2D eigenvalue weighted by atomic mass is 10.1. The molecule has 3 aromatic rings. The molecule has 0 unspecified atom stereocenters. The predicted molar refractivity (Wildman–Crippen MR) is 118 cm³/mol. The Balaban J connectivity index is 1.84. The lowest BCUT2D eigenvalue weighted by molar-refractivity contribution is -0.0328. The summed E-state index contributed by atoms with van der Waals surface area (Å²) in [5, 5.41) is 5.88. The number of carbonyl (C=O) groups is 1. The standard InChI is InChI=1S/C21H16BrF3N2O3S/c1-26-20(28)12-8-9-15(17(11-12)29-2)27-10-4-7-16-19(31-21(23,24)25)13-5-3-6-14(22)18(13)30-16/h3,5-6,8-9,11,27H,10H2,1-2H3,(H,26,28). The molecule has 0 aliphatic heterocycles. The molecule has 162 valence electrons. The van der Waals surface area contributed by atoms with Gasteiger partial charge in [0.25, 0.3) is 5.91 Å². The average molecular weight is 513 g/mol. The molecule has 0 saturated heterocycles. The van der Waals surface area contributed by atoms with Crippen LogP contribution in [0.1, 0.15) is 16.1 Å². The number of hydrogen-bond acceptors (Lipinski definition) is 5. The van der Waals surface area contributed by atoms with Crippen molar-refractivity contribution in [3.05, 3.63) is 52.2 Å². The fourth-order valence-electron chi connectivity index (χ4n) is 2.75. The molecule has 0 saturated carbocycles. The zero-order chi connectivity index (χ0) is 22.6. The zero-order valence-electron chi connectivity index (χ0n) is 16.3. The van der Waals surface area contributed by atoms with Gasteiger partial charge in [0.1, 0.15) is 5.75 Å². The minimum absolute atomic E-state index is 0.0621. The average Bonchev–Trinajstić information content (AvgIpc) is 3.07. The normalized spacial score (nSPS) is 11.0. The van der Waals surface area contributed by atoms with Crippen LogP contribution in [0, 0.1) is 11.8 Å². The third-order valence-corrected chi connectivity index (χ3v) is 5.57. The molecule has 3 rings (SSSR count). The third kappa shape index (κ3) is 5.48. The van der Waals surface area contributed by atoms with Crippen LogP contribution in [0.25, 0.3) is 11.0 Å². The first-order chi connectivity index (χ1) is 14.7. The third-order valence-electron chi connectivity index (χ3n) is 4.10. The quantitative estimate of drug-likeness (QED) is 0.342. The van der Waals surface area contributed by atoms with Crippen molar-refractivity contribution in [2.24, 2.45) is 0 Å². The summed E-state index contributed by atoms with van der Waals surface area (Å²) in [5.41, 5.74) is -3.16. The molecule has 2 aromatic carbocycles. The number of anilines is 1. The first kappa shape index (κ1) is 22.9. The van der Waals surface area contributed by atoms with Crippen molar-refractivity contribution >= 4 is 50.3 Å². The highest BCUT2D eigenvalue weighted by atomic mass is 79.9. The number of fused-ring (bicyclic) bond motifs is 1. The van der Waals surface area contributed by atoms with E-state index >= 15 is 0 Å². The summed E-state index contributed by atoms with van der Waals surface area (Å²) in [6, 6.07) is 9.72. The minimum atomic E-state index is -4.48. The molecule has 31 heavy (non-hydrogen) atoms. The van der Waals surface area contributed by atoms with E-state index in [1.54, 1.807) is 36.4 Å². The van der Waals surface area contributed by atoms with E-state index in [1.807, 2.05) is 0 Å². The summed E-state index contributed by atoms with van der Waals surface area (Å²) >= 11 is 3.03. The van der Waals surface area contributed by atoms with Crippen molar-refractivity contribution in [2.45, 2.75) is 10.4 Å². The van der Waals surface area contributed by atoms with Crippen molar-refractivity contribution in [1.82, 2.24) is 5.32 Å². The van der Waals surface area contributed by atoms with Gasteiger partial charge in [-0.25, -0.2) is 0 Å². The fourth-order valence-corrected chi connectivity index (χ4v) is 3.88. The molecule has 2 N–H and O–H groups in total. The van der Waals surface area contributed by atoms with Crippen molar-refractivity contribution in [3.8, 4) is 17.6 Å². The molecule has 0 atom stereocenters. The molecule has 0 aliphatic carbocycles. The Morgan fingerprint density at radius 1 is 1.29 bits per heavy atom. The summed E-state index contributed by atoms with van der Waals surface area (Å²) in [4.78, 5) is 11.7. The number of benzene rings is 2. The van der Waals surface area contributed by atoms with Crippen LogP contribution < -0.4 is 15.4 Å². The Labute approximate surface area is 188 Å². The first-order valence-electron chi connectivity index (χ1n) is 8.83. The molecular formula is C21H16BrF3N2O3S. The van der Waals surface area contributed by atoms with Crippen LogP contribution in [-0.4, -0.2) is 32.1 Å². The highest BCUT2D eigenvalue weighted by Gasteiger charge is 2.33. The van der Waals surface area contributed by atoms with Gasteiger partial charge in [0.05, 0.1) is 28.7 Å². The minimum Gasteiger partial charge on any atom is -0.495 e. The molecule has 5 nitrogen and oxygen atoms in total. The summed E-state index contributed by atoms with van der Waals surface area (Å²) < 4.78 is 50.5. The second-order valence-electron chi connectivity index (χ2n) is 6.07. The number of furan rings is 1. The van der Waals surface area contributed by atoms with Crippen LogP contribution >= 0.6 is 27.7 Å².